The summed E-state index contributed by atoms with van der Waals surface area (Å²) in [5.41, 5.74) is -1.86. The summed E-state index contributed by atoms with van der Waals surface area (Å²) in [6.07, 6.45) is -5.26. The highest BCUT2D eigenvalue weighted by Gasteiger charge is 2.50. The zero-order valence-corrected chi connectivity index (χ0v) is 24.4. The van der Waals surface area contributed by atoms with Gasteiger partial charge in [0.25, 0.3) is 5.91 Å². The van der Waals surface area contributed by atoms with Crippen molar-refractivity contribution in [2.24, 2.45) is 0 Å². The first-order valence-electron chi connectivity index (χ1n) is 13.5. The van der Waals surface area contributed by atoms with Crippen molar-refractivity contribution in [2.45, 2.75) is 69.8 Å². The maximum atomic E-state index is 13.6. The molecular formula is C26H32F6N8O4. The van der Waals surface area contributed by atoms with E-state index in [-0.39, 0.29) is 29.7 Å². The Morgan fingerprint density at radius 3 is 2.45 bits per heavy atom. The van der Waals surface area contributed by atoms with Crippen molar-refractivity contribution in [3.63, 3.8) is 0 Å². The third kappa shape index (κ3) is 6.90. The zero-order valence-electron chi connectivity index (χ0n) is 24.4. The topological polar surface area (TPSA) is 128 Å². The fraction of sp³-hybridized carbons (Fsp3) is 0.577. The van der Waals surface area contributed by atoms with Gasteiger partial charge < -0.3 is 25.0 Å². The lowest BCUT2D eigenvalue weighted by Crippen LogP contribution is -2.44. The van der Waals surface area contributed by atoms with E-state index in [1.165, 1.54) is 47.0 Å². The van der Waals surface area contributed by atoms with E-state index < -0.39 is 61.2 Å². The van der Waals surface area contributed by atoms with Crippen LogP contribution in [0.15, 0.2) is 30.7 Å². The molecule has 1 aliphatic heterocycles. The number of methoxy groups -OCH3 is 1. The van der Waals surface area contributed by atoms with Gasteiger partial charge in [0, 0.05) is 24.9 Å². The first kappa shape index (κ1) is 33.0. The molecule has 18 heteroatoms. The number of aromatic nitrogens is 5. The monoisotopic (exact) mass is 634 g/mol. The third-order valence-electron chi connectivity index (χ3n) is 7.13. The molecule has 44 heavy (non-hydrogen) atoms. The smallest absolute Gasteiger partial charge is 0.382 e. The van der Waals surface area contributed by atoms with Gasteiger partial charge in [-0.05, 0) is 39.8 Å². The van der Waals surface area contributed by atoms with Crippen LogP contribution >= 0.6 is 0 Å². The molecule has 0 aliphatic carbocycles. The standard InChI is InChI=1S/C26H32F6N8O4/c1-14(2)40-18(6-7-33-40)22(41)36-17(12-44-24(3,4)26(30,31)32)16-10-39-21(35-16)8-15(9-34-39)19(13-43-5)38-11-20(25(27,28)29)37-23(38)42/h6-10,14,17,19-20H,11-13H2,1-5H3,(H,36,41)(H,37,42)/t17?,19?,20-/m0/s1. The van der Waals surface area contributed by atoms with E-state index in [1.54, 1.807) is 13.8 Å². The highest BCUT2D eigenvalue weighted by Crippen LogP contribution is 2.34. The highest BCUT2D eigenvalue weighted by atomic mass is 19.4. The Labute approximate surface area is 247 Å². The van der Waals surface area contributed by atoms with Gasteiger partial charge >= 0.3 is 18.4 Å². The molecule has 0 saturated carbocycles. The van der Waals surface area contributed by atoms with Crippen LogP contribution in [0.2, 0.25) is 0 Å². The predicted molar refractivity (Wildman–Crippen MR) is 142 cm³/mol. The number of carbonyl (C=O) groups excluding carboxylic acids is 2. The Balaban J connectivity index is 1.66. The van der Waals surface area contributed by atoms with Crippen LogP contribution in [-0.2, 0) is 9.47 Å². The summed E-state index contributed by atoms with van der Waals surface area (Å²) in [6, 6.07) is -2.43. The average molecular weight is 635 g/mol. The summed E-state index contributed by atoms with van der Waals surface area (Å²) < 4.78 is 93.6. The molecule has 0 spiro atoms. The van der Waals surface area contributed by atoms with Crippen molar-refractivity contribution in [3.8, 4) is 0 Å². The van der Waals surface area contributed by atoms with Gasteiger partial charge in [-0.25, -0.2) is 14.3 Å². The van der Waals surface area contributed by atoms with Crippen LogP contribution in [0.25, 0.3) is 5.65 Å². The number of nitrogens with one attached hydrogen (secondary N) is 2. The number of ether oxygens (including phenoxy) is 2. The third-order valence-corrected chi connectivity index (χ3v) is 7.13. The molecule has 4 rings (SSSR count). The predicted octanol–water partition coefficient (Wildman–Crippen LogP) is 3.98. The van der Waals surface area contributed by atoms with E-state index >= 15 is 0 Å². The lowest BCUT2D eigenvalue weighted by molar-refractivity contribution is -0.265. The second kappa shape index (κ2) is 12.2. The number of rotatable bonds is 11. The molecule has 12 nitrogen and oxygen atoms in total. The van der Waals surface area contributed by atoms with E-state index in [9.17, 15) is 35.9 Å². The fourth-order valence-corrected chi connectivity index (χ4v) is 4.51. The van der Waals surface area contributed by atoms with Gasteiger partial charge in [-0.1, -0.05) is 0 Å². The minimum Gasteiger partial charge on any atom is -0.382 e. The zero-order chi connectivity index (χ0) is 32.6. The molecule has 3 aromatic rings. The van der Waals surface area contributed by atoms with Gasteiger partial charge in [-0.3, -0.25) is 9.48 Å². The van der Waals surface area contributed by atoms with Crippen LogP contribution in [0.1, 0.15) is 67.6 Å². The van der Waals surface area contributed by atoms with E-state index in [0.29, 0.717) is 5.56 Å². The number of nitrogens with zero attached hydrogens (tertiary/aromatic N) is 6. The number of amides is 3. The maximum Gasteiger partial charge on any atom is 0.416 e. The van der Waals surface area contributed by atoms with Crippen LogP contribution in [0, 0.1) is 0 Å². The summed E-state index contributed by atoms with van der Waals surface area (Å²) in [6.45, 7) is 3.86. The van der Waals surface area contributed by atoms with Gasteiger partial charge in [-0.15, -0.1) is 0 Å². The van der Waals surface area contributed by atoms with E-state index in [2.05, 4.69) is 20.5 Å². The number of imidazole rings is 1. The van der Waals surface area contributed by atoms with Gasteiger partial charge in [0.05, 0.1) is 49.9 Å². The van der Waals surface area contributed by atoms with Crippen molar-refractivity contribution in [3.05, 3.63) is 47.7 Å². The number of carbonyl (C=O) groups is 2. The summed E-state index contributed by atoms with van der Waals surface area (Å²) in [5.74, 6) is -0.639. The van der Waals surface area contributed by atoms with Gasteiger partial charge in [0.1, 0.15) is 11.7 Å². The Hall–Kier alpha value is -3.93. The Morgan fingerprint density at radius 2 is 1.86 bits per heavy atom. The van der Waals surface area contributed by atoms with Crippen LogP contribution < -0.4 is 10.6 Å². The molecule has 1 aliphatic rings. The van der Waals surface area contributed by atoms with Crippen molar-refractivity contribution in [1.29, 1.82) is 0 Å². The number of urea groups is 1. The molecule has 242 valence electrons. The molecule has 2 N–H and O–H groups in total. The average Bonchev–Trinajstić information content (AvgIpc) is 3.66. The lowest BCUT2D eigenvalue weighted by Gasteiger charge is -2.30. The minimum absolute atomic E-state index is 0.0935. The molecule has 3 aromatic heterocycles. The number of alkyl halides is 6. The minimum atomic E-state index is -4.71. The number of hydrogen-bond acceptors (Lipinski definition) is 7. The first-order chi connectivity index (χ1) is 20.4. The first-order valence-corrected chi connectivity index (χ1v) is 13.5. The second-order valence-electron chi connectivity index (χ2n) is 11.0. The van der Waals surface area contributed by atoms with E-state index in [0.717, 1.165) is 18.7 Å². The van der Waals surface area contributed by atoms with Crippen LogP contribution in [0.4, 0.5) is 31.1 Å². The van der Waals surface area contributed by atoms with E-state index in [4.69, 9.17) is 9.47 Å². The van der Waals surface area contributed by atoms with Crippen molar-refractivity contribution >= 4 is 17.6 Å². The molecule has 1 saturated heterocycles. The molecule has 0 bridgehead atoms. The molecular weight excluding hydrogens is 602 g/mol. The summed E-state index contributed by atoms with van der Waals surface area (Å²) in [5, 5.41) is 12.9. The number of fused-ring (bicyclic) bond motifs is 1. The lowest BCUT2D eigenvalue weighted by atomic mass is 10.1. The Kier molecular flexibility index (Phi) is 9.16. The summed E-state index contributed by atoms with van der Waals surface area (Å²) in [7, 11) is 1.32. The Bertz CT molecular complexity index is 1480. The number of hydrogen-bond donors (Lipinski definition) is 2. The van der Waals surface area contributed by atoms with Gasteiger partial charge in [0.2, 0.25) is 0 Å². The quantitative estimate of drug-likeness (QED) is 0.306. The SMILES string of the molecule is COCC(c1cnn2cc(C(COC(C)(C)C(F)(F)F)NC(=O)c3ccnn3C(C)C)nc2c1)N1C[C@@H](C(F)(F)F)NC1=O. The highest BCUT2D eigenvalue weighted by molar-refractivity contribution is 5.92. The molecule has 4 heterocycles. The van der Waals surface area contributed by atoms with Crippen molar-refractivity contribution < 1.29 is 45.4 Å². The maximum absolute atomic E-state index is 13.6. The van der Waals surface area contributed by atoms with E-state index in [1.807, 2.05) is 5.32 Å². The normalized spacial score (nSPS) is 17.8. The molecule has 2 unspecified atom stereocenters. The molecule has 3 amide bonds. The van der Waals surface area contributed by atoms with Gasteiger partial charge in [-0.2, -0.15) is 36.5 Å². The van der Waals surface area contributed by atoms with Crippen molar-refractivity contribution in [1.82, 2.24) is 39.9 Å². The van der Waals surface area contributed by atoms with Crippen LogP contribution in [-0.4, -0.2) is 92.1 Å². The molecule has 0 radical (unpaired) electrons. The molecule has 3 atom stereocenters. The van der Waals surface area contributed by atoms with Crippen LogP contribution in [0.5, 0.6) is 0 Å². The summed E-state index contributed by atoms with van der Waals surface area (Å²) in [4.78, 5) is 31.1. The second-order valence-corrected chi connectivity index (χ2v) is 11.0. The number of halogens is 6. The molecule has 1 fully saturated rings. The Morgan fingerprint density at radius 1 is 1.16 bits per heavy atom. The largest absolute Gasteiger partial charge is 0.416 e. The van der Waals surface area contributed by atoms with Crippen LogP contribution in [0.3, 0.4) is 0 Å². The summed E-state index contributed by atoms with van der Waals surface area (Å²) >= 11 is 0. The van der Waals surface area contributed by atoms with Crippen molar-refractivity contribution in [2.75, 3.05) is 26.9 Å². The fourth-order valence-electron chi connectivity index (χ4n) is 4.51. The van der Waals surface area contributed by atoms with Gasteiger partial charge in [0.15, 0.2) is 11.2 Å². The molecule has 0 aromatic carbocycles.